The standard InChI is InChI=1S/C12H11BrN2O2/c1-8(12(16)17)15-7-10(6-14-15)9-2-4-11(13)5-3-9/h2-8H,1H3,(H,16,17). The van der Waals surface area contributed by atoms with Crippen molar-refractivity contribution in [3.63, 3.8) is 0 Å². The third-order valence-electron chi connectivity index (χ3n) is 2.53. The van der Waals surface area contributed by atoms with E-state index in [1.807, 2.05) is 24.3 Å². The smallest absolute Gasteiger partial charge is 0.328 e. The Morgan fingerprint density at radius 3 is 2.59 bits per heavy atom. The van der Waals surface area contributed by atoms with E-state index in [-0.39, 0.29) is 0 Å². The number of hydrogen-bond donors (Lipinski definition) is 1. The molecule has 0 aliphatic heterocycles. The van der Waals surface area contributed by atoms with Crippen molar-refractivity contribution in [2.75, 3.05) is 0 Å². The summed E-state index contributed by atoms with van der Waals surface area (Å²) in [7, 11) is 0. The van der Waals surface area contributed by atoms with Crippen molar-refractivity contribution in [3.8, 4) is 11.1 Å². The van der Waals surface area contributed by atoms with E-state index in [0.717, 1.165) is 15.6 Å². The van der Waals surface area contributed by atoms with Gasteiger partial charge in [-0.1, -0.05) is 28.1 Å². The predicted molar refractivity (Wildman–Crippen MR) is 67.7 cm³/mol. The highest BCUT2D eigenvalue weighted by Crippen LogP contribution is 2.22. The van der Waals surface area contributed by atoms with E-state index in [9.17, 15) is 4.79 Å². The lowest BCUT2D eigenvalue weighted by atomic mass is 10.1. The third kappa shape index (κ3) is 2.55. The van der Waals surface area contributed by atoms with Crippen LogP contribution in [0.1, 0.15) is 13.0 Å². The summed E-state index contributed by atoms with van der Waals surface area (Å²) >= 11 is 3.37. The van der Waals surface area contributed by atoms with E-state index in [1.165, 1.54) is 4.68 Å². The van der Waals surface area contributed by atoms with Crippen LogP contribution in [0.25, 0.3) is 11.1 Å². The zero-order valence-electron chi connectivity index (χ0n) is 9.17. The zero-order chi connectivity index (χ0) is 12.4. The van der Waals surface area contributed by atoms with Gasteiger partial charge in [-0.3, -0.25) is 4.68 Å². The number of carboxylic acids is 1. The molecule has 0 fully saturated rings. The Morgan fingerprint density at radius 1 is 1.35 bits per heavy atom. The van der Waals surface area contributed by atoms with Gasteiger partial charge < -0.3 is 5.11 Å². The minimum absolute atomic E-state index is 0.654. The SMILES string of the molecule is CC(C(=O)O)n1cc(-c2ccc(Br)cc2)cn1. The summed E-state index contributed by atoms with van der Waals surface area (Å²) in [5.41, 5.74) is 1.92. The molecule has 0 saturated carbocycles. The monoisotopic (exact) mass is 294 g/mol. The lowest BCUT2D eigenvalue weighted by Gasteiger charge is -2.05. The second kappa shape index (κ2) is 4.71. The van der Waals surface area contributed by atoms with E-state index in [2.05, 4.69) is 21.0 Å². The minimum atomic E-state index is -0.893. The Bertz CT molecular complexity index is 534. The summed E-state index contributed by atoms with van der Waals surface area (Å²) in [4.78, 5) is 10.8. The Hall–Kier alpha value is -1.62. The first-order valence-electron chi connectivity index (χ1n) is 5.11. The summed E-state index contributed by atoms with van der Waals surface area (Å²) in [5, 5.41) is 12.9. The number of rotatable bonds is 3. The van der Waals surface area contributed by atoms with Gasteiger partial charge in [0, 0.05) is 16.2 Å². The molecule has 1 aromatic carbocycles. The van der Waals surface area contributed by atoms with Crippen LogP contribution in [0.5, 0.6) is 0 Å². The number of hydrogen-bond acceptors (Lipinski definition) is 2. The second-order valence-electron chi connectivity index (χ2n) is 3.73. The fourth-order valence-corrected chi connectivity index (χ4v) is 1.72. The summed E-state index contributed by atoms with van der Waals surface area (Å²) < 4.78 is 2.45. The number of carbonyl (C=O) groups is 1. The molecule has 2 rings (SSSR count). The first-order chi connectivity index (χ1) is 8.08. The largest absolute Gasteiger partial charge is 0.480 e. The number of nitrogens with zero attached hydrogens (tertiary/aromatic N) is 2. The van der Waals surface area contributed by atoms with Gasteiger partial charge in [-0.25, -0.2) is 4.79 Å². The first-order valence-corrected chi connectivity index (χ1v) is 5.90. The fourth-order valence-electron chi connectivity index (χ4n) is 1.45. The normalized spacial score (nSPS) is 12.4. The molecule has 17 heavy (non-hydrogen) atoms. The van der Waals surface area contributed by atoms with Crippen molar-refractivity contribution in [3.05, 3.63) is 41.1 Å². The molecule has 0 aliphatic carbocycles. The number of aliphatic carboxylic acids is 1. The molecule has 1 atom stereocenters. The number of halogens is 1. The van der Waals surface area contributed by atoms with Crippen LogP contribution in [0, 0.1) is 0 Å². The van der Waals surface area contributed by atoms with Crippen LogP contribution in [-0.2, 0) is 4.79 Å². The molecule has 0 radical (unpaired) electrons. The van der Waals surface area contributed by atoms with Crippen molar-refractivity contribution in [2.24, 2.45) is 0 Å². The van der Waals surface area contributed by atoms with Crippen molar-refractivity contribution in [1.82, 2.24) is 9.78 Å². The summed E-state index contributed by atoms with van der Waals surface area (Å²) in [6.07, 6.45) is 3.41. The number of aromatic nitrogens is 2. The molecular formula is C12H11BrN2O2. The van der Waals surface area contributed by atoms with Crippen LogP contribution in [0.15, 0.2) is 41.1 Å². The topological polar surface area (TPSA) is 55.1 Å². The number of carboxylic acid groups (broad SMARTS) is 1. The van der Waals surface area contributed by atoms with Crippen LogP contribution in [0.3, 0.4) is 0 Å². The van der Waals surface area contributed by atoms with Crippen molar-refractivity contribution >= 4 is 21.9 Å². The van der Waals surface area contributed by atoms with Crippen LogP contribution in [0.2, 0.25) is 0 Å². The van der Waals surface area contributed by atoms with Gasteiger partial charge in [-0.2, -0.15) is 5.10 Å². The average Bonchev–Trinajstić information content (AvgIpc) is 2.78. The van der Waals surface area contributed by atoms with Gasteiger partial charge in [-0.05, 0) is 24.6 Å². The maximum atomic E-state index is 10.8. The van der Waals surface area contributed by atoms with Gasteiger partial charge in [0.25, 0.3) is 0 Å². The molecule has 1 N–H and O–H groups in total. The average molecular weight is 295 g/mol. The van der Waals surface area contributed by atoms with Gasteiger partial charge in [0.15, 0.2) is 0 Å². The third-order valence-corrected chi connectivity index (χ3v) is 3.06. The van der Waals surface area contributed by atoms with Gasteiger partial charge in [-0.15, -0.1) is 0 Å². The Morgan fingerprint density at radius 2 is 2.00 bits per heavy atom. The Kier molecular flexibility index (Phi) is 3.28. The van der Waals surface area contributed by atoms with Gasteiger partial charge >= 0.3 is 5.97 Å². The number of benzene rings is 1. The van der Waals surface area contributed by atoms with Crippen LogP contribution in [-0.4, -0.2) is 20.9 Å². The van der Waals surface area contributed by atoms with Crippen LogP contribution in [0.4, 0.5) is 0 Å². The molecule has 1 heterocycles. The predicted octanol–water partition coefficient (Wildman–Crippen LogP) is 2.96. The Balaban J connectivity index is 2.29. The molecule has 1 unspecified atom stereocenters. The molecule has 0 bridgehead atoms. The van der Waals surface area contributed by atoms with Crippen molar-refractivity contribution in [1.29, 1.82) is 0 Å². The van der Waals surface area contributed by atoms with E-state index >= 15 is 0 Å². The highest BCUT2D eigenvalue weighted by molar-refractivity contribution is 9.10. The summed E-state index contributed by atoms with van der Waals surface area (Å²) in [5.74, 6) is -0.893. The molecule has 0 aliphatic rings. The Labute approximate surface area is 107 Å². The maximum absolute atomic E-state index is 10.8. The first kappa shape index (κ1) is 11.9. The molecule has 4 nitrogen and oxygen atoms in total. The highest BCUT2D eigenvalue weighted by atomic mass is 79.9. The lowest BCUT2D eigenvalue weighted by molar-refractivity contribution is -0.140. The van der Waals surface area contributed by atoms with Crippen LogP contribution >= 0.6 is 15.9 Å². The molecule has 88 valence electrons. The van der Waals surface area contributed by atoms with E-state index in [4.69, 9.17) is 5.11 Å². The zero-order valence-corrected chi connectivity index (χ0v) is 10.8. The molecular weight excluding hydrogens is 284 g/mol. The molecule has 5 heteroatoms. The summed E-state index contributed by atoms with van der Waals surface area (Å²) in [6, 6.07) is 7.13. The molecule has 1 aromatic heterocycles. The minimum Gasteiger partial charge on any atom is -0.480 e. The summed E-state index contributed by atoms with van der Waals surface area (Å²) in [6.45, 7) is 1.60. The van der Waals surface area contributed by atoms with E-state index < -0.39 is 12.0 Å². The van der Waals surface area contributed by atoms with Crippen molar-refractivity contribution in [2.45, 2.75) is 13.0 Å². The van der Waals surface area contributed by atoms with Gasteiger partial charge in [0.1, 0.15) is 6.04 Å². The molecule has 0 spiro atoms. The lowest BCUT2D eigenvalue weighted by Crippen LogP contribution is -2.15. The molecule has 0 saturated heterocycles. The molecule has 2 aromatic rings. The fraction of sp³-hybridized carbons (Fsp3) is 0.167. The van der Waals surface area contributed by atoms with E-state index in [0.29, 0.717) is 0 Å². The quantitative estimate of drug-likeness (QED) is 0.947. The van der Waals surface area contributed by atoms with Crippen LogP contribution < -0.4 is 0 Å². The highest BCUT2D eigenvalue weighted by Gasteiger charge is 2.14. The second-order valence-corrected chi connectivity index (χ2v) is 4.65. The van der Waals surface area contributed by atoms with E-state index in [1.54, 1.807) is 19.3 Å². The van der Waals surface area contributed by atoms with Gasteiger partial charge in [0.2, 0.25) is 0 Å². The van der Waals surface area contributed by atoms with Crippen molar-refractivity contribution < 1.29 is 9.90 Å². The van der Waals surface area contributed by atoms with Gasteiger partial charge in [0.05, 0.1) is 6.20 Å². The molecule has 0 amide bonds. The maximum Gasteiger partial charge on any atom is 0.328 e.